The van der Waals surface area contributed by atoms with Crippen LogP contribution in [0.3, 0.4) is 0 Å². The summed E-state index contributed by atoms with van der Waals surface area (Å²) >= 11 is 0. The zero-order chi connectivity index (χ0) is 20.0. The Morgan fingerprint density at radius 3 is 2.68 bits per heavy atom. The van der Waals surface area contributed by atoms with Gasteiger partial charge in [0.2, 0.25) is 0 Å². The van der Waals surface area contributed by atoms with Crippen LogP contribution in [0.4, 0.5) is 15.8 Å². The van der Waals surface area contributed by atoms with Gasteiger partial charge in [-0.2, -0.15) is 0 Å². The van der Waals surface area contributed by atoms with E-state index < -0.39 is 0 Å². The van der Waals surface area contributed by atoms with Crippen LogP contribution in [0.1, 0.15) is 44.2 Å². The first-order valence-electron chi connectivity index (χ1n) is 9.60. The lowest BCUT2D eigenvalue weighted by molar-refractivity contribution is 0.488. The summed E-state index contributed by atoms with van der Waals surface area (Å²) in [6.07, 6.45) is 8.35. The third kappa shape index (κ3) is 5.06. The molecule has 0 bridgehead atoms. The van der Waals surface area contributed by atoms with Gasteiger partial charge in [-0.3, -0.25) is 4.99 Å². The lowest BCUT2D eigenvalue weighted by Gasteiger charge is -2.26. The topological polar surface area (TPSA) is 60.3 Å². The zero-order valence-electron chi connectivity index (χ0n) is 16.4. The zero-order valence-corrected chi connectivity index (χ0v) is 16.4. The normalized spacial score (nSPS) is 15.3. The van der Waals surface area contributed by atoms with E-state index in [2.05, 4.69) is 41.6 Å². The number of nitrogens with one attached hydrogen (secondary N) is 3. The summed E-state index contributed by atoms with van der Waals surface area (Å²) in [5.41, 5.74) is 3.55. The summed E-state index contributed by atoms with van der Waals surface area (Å²) in [5.74, 6) is 0.787. The first-order valence-corrected chi connectivity index (χ1v) is 9.60. The van der Waals surface area contributed by atoms with E-state index in [1.54, 1.807) is 12.1 Å². The van der Waals surface area contributed by atoms with Gasteiger partial charge < -0.3 is 16.0 Å². The number of aliphatic imine (C=N–C) groups is 1. The molecule has 0 spiro atoms. The third-order valence-corrected chi connectivity index (χ3v) is 5.07. The molecule has 1 aliphatic rings. The Morgan fingerprint density at radius 1 is 1.21 bits per heavy atom. The van der Waals surface area contributed by atoms with E-state index >= 15 is 0 Å². The van der Waals surface area contributed by atoms with Crippen LogP contribution in [0.5, 0.6) is 0 Å². The Morgan fingerprint density at radius 2 is 2.00 bits per heavy atom. The van der Waals surface area contributed by atoms with Crippen molar-refractivity contribution in [2.75, 3.05) is 11.9 Å². The number of hydrogen-bond acceptors (Lipinski definition) is 3. The second-order valence-corrected chi connectivity index (χ2v) is 7.63. The van der Waals surface area contributed by atoms with Gasteiger partial charge in [-0.1, -0.05) is 26.0 Å². The van der Waals surface area contributed by atoms with Crippen LogP contribution < -0.4 is 10.6 Å². The third-order valence-electron chi connectivity index (χ3n) is 5.07. The second kappa shape index (κ2) is 8.83. The van der Waals surface area contributed by atoms with Crippen LogP contribution in [0.25, 0.3) is 0 Å². The SMILES string of the molecule is CC(C)(CCN=C1CCC=CN1)c1ccc(Nc2ccc(F)cc2)c(C=N)c1. The van der Waals surface area contributed by atoms with E-state index in [4.69, 9.17) is 5.41 Å². The number of hydrogen-bond donors (Lipinski definition) is 3. The molecule has 0 saturated heterocycles. The lowest BCUT2D eigenvalue weighted by Crippen LogP contribution is -2.23. The quantitative estimate of drug-likeness (QED) is 0.555. The van der Waals surface area contributed by atoms with Crippen molar-refractivity contribution >= 4 is 23.4 Å². The number of benzene rings is 2. The van der Waals surface area contributed by atoms with Gasteiger partial charge in [0.15, 0.2) is 0 Å². The van der Waals surface area contributed by atoms with Crippen LogP contribution in [0.15, 0.2) is 59.7 Å². The fourth-order valence-corrected chi connectivity index (χ4v) is 3.18. The highest BCUT2D eigenvalue weighted by Crippen LogP contribution is 2.31. The molecule has 0 unspecified atom stereocenters. The Balaban J connectivity index is 1.71. The molecular weight excluding hydrogens is 351 g/mol. The van der Waals surface area contributed by atoms with Crippen molar-refractivity contribution in [2.24, 2.45) is 4.99 Å². The van der Waals surface area contributed by atoms with Crippen molar-refractivity contribution in [3.8, 4) is 0 Å². The molecule has 0 atom stereocenters. The molecule has 0 aliphatic carbocycles. The molecule has 0 amide bonds. The van der Waals surface area contributed by atoms with Crippen molar-refractivity contribution < 1.29 is 4.39 Å². The average molecular weight is 378 g/mol. The molecule has 0 fully saturated rings. The molecule has 1 aliphatic heterocycles. The van der Waals surface area contributed by atoms with Gasteiger partial charge in [-0.15, -0.1) is 0 Å². The number of halogens is 1. The van der Waals surface area contributed by atoms with E-state index in [-0.39, 0.29) is 11.2 Å². The maximum atomic E-state index is 13.1. The van der Waals surface area contributed by atoms with Crippen LogP contribution >= 0.6 is 0 Å². The monoisotopic (exact) mass is 378 g/mol. The van der Waals surface area contributed by atoms with Crippen molar-refractivity contribution in [1.29, 1.82) is 5.41 Å². The summed E-state index contributed by atoms with van der Waals surface area (Å²) < 4.78 is 13.1. The molecule has 0 saturated carbocycles. The summed E-state index contributed by atoms with van der Waals surface area (Å²) in [5, 5.41) is 14.3. The number of rotatable bonds is 7. The van der Waals surface area contributed by atoms with Crippen LogP contribution in [0.2, 0.25) is 0 Å². The molecule has 2 aromatic rings. The maximum Gasteiger partial charge on any atom is 0.123 e. The summed E-state index contributed by atoms with van der Waals surface area (Å²) in [7, 11) is 0. The van der Waals surface area contributed by atoms with Gasteiger partial charge in [-0.25, -0.2) is 4.39 Å². The van der Waals surface area contributed by atoms with Crippen LogP contribution in [-0.2, 0) is 5.41 Å². The van der Waals surface area contributed by atoms with Gasteiger partial charge in [0.25, 0.3) is 0 Å². The summed E-state index contributed by atoms with van der Waals surface area (Å²) in [6, 6.07) is 12.3. The molecule has 146 valence electrons. The molecule has 3 N–H and O–H groups in total. The minimum atomic E-state index is -0.266. The summed E-state index contributed by atoms with van der Waals surface area (Å²) in [4.78, 5) is 4.68. The standard InChI is InChI=1S/C23H27FN4/c1-23(2,12-14-27-22-5-3-4-13-26-22)18-6-11-21(17(15-18)16-25)28-20-9-7-19(24)8-10-20/h4,6-11,13,15-16,25,28H,3,5,12,14H2,1-2H3,(H,26,27). The fraction of sp³-hybridized carbons (Fsp3) is 0.304. The Labute approximate surface area is 166 Å². The van der Waals surface area contributed by atoms with E-state index in [1.165, 1.54) is 23.9 Å². The van der Waals surface area contributed by atoms with Crippen molar-refractivity contribution in [1.82, 2.24) is 5.32 Å². The highest BCUT2D eigenvalue weighted by Gasteiger charge is 2.21. The average Bonchev–Trinajstić information content (AvgIpc) is 2.70. The number of allylic oxidation sites excluding steroid dienone is 1. The van der Waals surface area contributed by atoms with Gasteiger partial charge in [0.1, 0.15) is 11.7 Å². The van der Waals surface area contributed by atoms with Crippen LogP contribution in [0, 0.1) is 11.2 Å². The first kappa shape index (κ1) is 19.8. The highest BCUT2D eigenvalue weighted by atomic mass is 19.1. The molecule has 2 aromatic carbocycles. The van der Waals surface area contributed by atoms with E-state index in [0.717, 1.165) is 48.6 Å². The van der Waals surface area contributed by atoms with Crippen LogP contribution in [-0.4, -0.2) is 18.6 Å². The smallest absolute Gasteiger partial charge is 0.123 e. The van der Waals surface area contributed by atoms with Gasteiger partial charge in [0.05, 0.1) is 0 Å². The minimum absolute atomic E-state index is 0.0548. The summed E-state index contributed by atoms with van der Waals surface area (Å²) in [6.45, 7) is 5.17. The Hall–Kier alpha value is -2.95. The maximum absolute atomic E-state index is 13.1. The molecule has 1 heterocycles. The second-order valence-electron chi connectivity index (χ2n) is 7.63. The van der Waals surface area contributed by atoms with Crippen molar-refractivity contribution in [3.05, 3.63) is 71.7 Å². The fourth-order valence-electron chi connectivity index (χ4n) is 3.18. The number of amidine groups is 1. The van der Waals surface area contributed by atoms with E-state index in [0.29, 0.717) is 0 Å². The molecule has 0 radical (unpaired) electrons. The predicted octanol–water partition coefficient (Wildman–Crippen LogP) is 5.53. The molecular formula is C23H27FN4. The first-order chi connectivity index (χ1) is 13.5. The highest BCUT2D eigenvalue weighted by molar-refractivity contribution is 5.88. The number of anilines is 2. The van der Waals surface area contributed by atoms with Gasteiger partial charge in [0, 0.05) is 36.1 Å². The molecule has 0 aromatic heterocycles. The van der Waals surface area contributed by atoms with Crippen molar-refractivity contribution in [2.45, 2.75) is 38.5 Å². The van der Waals surface area contributed by atoms with E-state index in [9.17, 15) is 4.39 Å². The van der Waals surface area contributed by atoms with E-state index in [1.807, 2.05) is 18.3 Å². The van der Waals surface area contributed by atoms with Gasteiger partial charge in [-0.05, 0) is 66.4 Å². The molecule has 4 nitrogen and oxygen atoms in total. The van der Waals surface area contributed by atoms with Gasteiger partial charge >= 0.3 is 0 Å². The Kier molecular flexibility index (Phi) is 6.24. The predicted molar refractivity (Wildman–Crippen MR) is 115 cm³/mol. The largest absolute Gasteiger partial charge is 0.355 e. The molecule has 28 heavy (non-hydrogen) atoms. The molecule has 5 heteroatoms. The van der Waals surface area contributed by atoms with Crippen molar-refractivity contribution in [3.63, 3.8) is 0 Å². The number of nitrogens with zero attached hydrogens (tertiary/aromatic N) is 1. The lowest BCUT2D eigenvalue weighted by atomic mass is 9.81. The minimum Gasteiger partial charge on any atom is -0.355 e. The molecule has 3 rings (SSSR count). The Bertz CT molecular complexity index is 882.